The molecular formula is C22H18ClNO4. The molecule has 5 nitrogen and oxygen atoms in total. The molecule has 0 saturated carbocycles. The van der Waals surface area contributed by atoms with Crippen molar-refractivity contribution >= 4 is 29.0 Å². The van der Waals surface area contributed by atoms with Crippen LogP contribution in [-0.2, 0) is 11.4 Å². The molecule has 0 aromatic heterocycles. The number of ether oxygens (including phenoxy) is 1. The van der Waals surface area contributed by atoms with Gasteiger partial charge >= 0.3 is 0 Å². The molecule has 0 radical (unpaired) electrons. The van der Waals surface area contributed by atoms with E-state index in [2.05, 4.69) is 5.32 Å². The number of hydrogen-bond donors (Lipinski definition) is 2. The Balaban J connectivity index is 1.70. The second kappa shape index (κ2) is 9.17. The van der Waals surface area contributed by atoms with Crippen LogP contribution in [0.4, 0.5) is 5.69 Å². The van der Waals surface area contributed by atoms with E-state index >= 15 is 0 Å². The minimum Gasteiger partial charge on any atom is -0.483 e. The fraction of sp³-hybridized carbons (Fsp3) is 0.0909. The Hall–Kier alpha value is -3.15. The fourth-order valence-electron chi connectivity index (χ4n) is 2.58. The third kappa shape index (κ3) is 4.97. The summed E-state index contributed by atoms with van der Waals surface area (Å²) in [6.45, 7) is -0.329. The van der Waals surface area contributed by atoms with E-state index in [1.807, 2.05) is 6.07 Å². The summed E-state index contributed by atoms with van der Waals surface area (Å²) in [5.41, 5.74) is 2.13. The molecule has 6 heteroatoms. The Labute approximate surface area is 167 Å². The monoisotopic (exact) mass is 395 g/mol. The standard InChI is InChI=1S/C22H18ClNO4/c23-17-8-11-20(19(12-17)22(27)16-4-2-1-3-5-16)28-14-21(26)24-18-9-6-15(13-25)7-10-18/h1-12,25H,13-14H2,(H,24,26). The summed E-state index contributed by atoms with van der Waals surface area (Å²) in [6.07, 6.45) is 0. The van der Waals surface area contributed by atoms with Crippen LogP contribution >= 0.6 is 11.6 Å². The summed E-state index contributed by atoms with van der Waals surface area (Å²) in [5, 5.41) is 12.2. The van der Waals surface area contributed by atoms with Crippen LogP contribution in [0, 0.1) is 0 Å². The number of benzene rings is 3. The fourth-order valence-corrected chi connectivity index (χ4v) is 2.76. The molecule has 0 aliphatic heterocycles. The Morgan fingerprint density at radius 1 is 0.964 bits per heavy atom. The lowest BCUT2D eigenvalue weighted by atomic mass is 10.0. The van der Waals surface area contributed by atoms with Crippen LogP contribution in [0.1, 0.15) is 21.5 Å². The average molecular weight is 396 g/mol. The second-order valence-corrected chi connectivity index (χ2v) is 6.46. The van der Waals surface area contributed by atoms with Crippen molar-refractivity contribution in [3.63, 3.8) is 0 Å². The highest BCUT2D eigenvalue weighted by Crippen LogP contribution is 2.25. The van der Waals surface area contributed by atoms with Gasteiger partial charge in [-0.3, -0.25) is 9.59 Å². The lowest BCUT2D eigenvalue weighted by Crippen LogP contribution is -2.21. The van der Waals surface area contributed by atoms with Crippen LogP contribution in [0.25, 0.3) is 0 Å². The van der Waals surface area contributed by atoms with Crippen molar-refractivity contribution in [1.82, 2.24) is 0 Å². The molecule has 3 aromatic carbocycles. The number of ketones is 1. The zero-order valence-electron chi connectivity index (χ0n) is 14.9. The molecule has 28 heavy (non-hydrogen) atoms. The van der Waals surface area contributed by atoms with Gasteiger partial charge in [0.15, 0.2) is 12.4 Å². The van der Waals surface area contributed by atoms with E-state index in [-0.39, 0.29) is 30.7 Å². The molecule has 0 aliphatic carbocycles. The first-order valence-corrected chi connectivity index (χ1v) is 8.96. The van der Waals surface area contributed by atoms with Crippen molar-refractivity contribution in [2.45, 2.75) is 6.61 Å². The highest BCUT2D eigenvalue weighted by Gasteiger charge is 2.16. The van der Waals surface area contributed by atoms with Gasteiger partial charge in [-0.2, -0.15) is 0 Å². The third-order valence-electron chi connectivity index (χ3n) is 4.00. The molecule has 0 saturated heterocycles. The van der Waals surface area contributed by atoms with Crippen molar-refractivity contribution in [3.05, 3.63) is 94.5 Å². The number of aliphatic hydroxyl groups is 1. The number of carbonyl (C=O) groups is 2. The Bertz CT molecular complexity index is 972. The number of amides is 1. The molecule has 0 fully saturated rings. The van der Waals surface area contributed by atoms with Crippen molar-refractivity contribution in [2.75, 3.05) is 11.9 Å². The summed E-state index contributed by atoms with van der Waals surface area (Å²) in [7, 11) is 0. The Morgan fingerprint density at radius 3 is 2.36 bits per heavy atom. The molecule has 0 bridgehead atoms. The molecule has 0 aliphatic rings. The smallest absolute Gasteiger partial charge is 0.262 e. The lowest BCUT2D eigenvalue weighted by molar-refractivity contribution is -0.118. The van der Waals surface area contributed by atoms with Gasteiger partial charge in [-0.1, -0.05) is 54.1 Å². The van der Waals surface area contributed by atoms with Gasteiger partial charge in [-0.15, -0.1) is 0 Å². The minimum atomic E-state index is -0.371. The summed E-state index contributed by atoms with van der Waals surface area (Å²) in [4.78, 5) is 24.9. The SMILES string of the molecule is O=C(COc1ccc(Cl)cc1C(=O)c1ccccc1)Nc1ccc(CO)cc1. The maximum absolute atomic E-state index is 12.8. The van der Waals surface area contributed by atoms with Crippen molar-refractivity contribution in [1.29, 1.82) is 0 Å². The first-order valence-electron chi connectivity index (χ1n) is 8.58. The summed E-state index contributed by atoms with van der Waals surface area (Å²) < 4.78 is 5.58. The number of anilines is 1. The van der Waals surface area contributed by atoms with E-state index in [1.54, 1.807) is 60.7 Å². The highest BCUT2D eigenvalue weighted by molar-refractivity contribution is 6.31. The third-order valence-corrected chi connectivity index (χ3v) is 4.24. The number of rotatable bonds is 7. The number of hydrogen-bond acceptors (Lipinski definition) is 4. The van der Waals surface area contributed by atoms with Gasteiger partial charge in [0.2, 0.25) is 0 Å². The predicted octanol–water partition coefficient (Wildman–Crippen LogP) is 4.08. The van der Waals surface area contributed by atoms with Crippen LogP contribution < -0.4 is 10.1 Å². The van der Waals surface area contributed by atoms with Crippen molar-refractivity contribution < 1.29 is 19.4 Å². The molecule has 3 aromatic rings. The number of halogens is 1. The molecule has 142 valence electrons. The maximum Gasteiger partial charge on any atom is 0.262 e. The van der Waals surface area contributed by atoms with Gasteiger partial charge in [-0.05, 0) is 35.9 Å². The molecule has 0 unspecified atom stereocenters. The maximum atomic E-state index is 12.8. The summed E-state index contributed by atoms with van der Waals surface area (Å²) in [6, 6.07) is 20.3. The number of carbonyl (C=O) groups excluding carboxylic acids is 2. The van der Waals surface area contributed by atoms with Crippen LogP contribution in [0.15, 0.2) is 72.8 Å². The van der Waals surface area contributed by atoms with Crippen LogP contribution in [0.3, 0.4) is 0 Å². The zero-order valence-corrected chi connectivity index (χ0v) is 15.6. The molecule has 0 spiro atoms. The number of nitrogens with one attached hydrogen (secondary N) is 1. The molecule has 3 rings (SSSR count). The van der Waals surface area contributed by atoms with E-state index in [0.717, 1.165) is 5.56 Å². The first kappa shape index (κ1) is 19.6. The van der Waals surface area contributed by atoms with Crippen LogP contribution in [0.2, 0.25) is 5.02 Å². The molecule has 0 heterocycles. The average Bonchev–Trinajstić information content (AvgIpc) is 2.73. The topological polar surface area (TPSA) is 75.6 Å². The van der Waals surface area contributed by atoms with Gasteiger partial charge in [0.05, 0.1) is 12.2 Å². The molecule has 0 atom stereocenters. The molecule has 1 amide bonds. The Morgan fingerprint density at radius 2 is 1.68 bits per heavy atom. The number of aliphatic hydroxyl groups excluding tert-OH is 1. The lowest BCUT2D eigenvalue weighted by Gasteiger charge is -2.12. The summed E-state index contributed by atoms with van der Waals surface area (Å²) >= 11 is 6.04. The van der Waals surface area contributed by atoms with Crippen LogP contribution in [0.5, 0.6) is 5.75 Å². The van der Waals surface area contributed by atoms with Gasteiger partial charge in [-0.25, -0.2) is 0 Å². The van der Waals surface area contributed by atoms with E-state index < -0.39 is 0 Å². The predicted molar refractivity (Wildman–Crippen MR) is 108 cm³/mol. The van der Waals surface area contributed by atoms with E-state index in [1.165, 1.54) is 6.07 Å². The summed E-state index contributed by atoms with van der Waals surface area (Å²) in [5.74, 6) is -0.327. The molecule has 2 N–H and O–H groups in total. The molecular weight excluding hydrogens is 378 g/mol. The zero-order chi connectivity index (χ0) is 19.9. The second-order valence-electron chi connectivity index (χ2n) is 6.03. The minimum absolute atomic E-state index is 0.0634. The van der Waals surface area contributed by atoms with Crippen molar-refractivity contribution in [2.24, 2.45) is 0 Å². The van der Waals surface area contributed by atoms with Gasteiger partial charge < -0.3 is 15.2 Å². The van der Waals surface area contributed by atoms with Gasteiger partial charge in [0.1, 0.15) is 5.75 Å². The normalized spacial score (nSPS) is 10.4. The van der Waals surface area contributed by atoms with Gasteiger partial charge in [0, 0.05) is 16.3 Å². The van der Waals surface area contributed by atoms with Gasteiger partial charge in [0.25, 0.3) is 5.91 Å². The quantitative estimate of drug-likeness (QED) is 0.591. The Kier molecular flexibility index (Phi) is 6.42. The van der Waals surface area contributed by atoms with Crippen LogP contribution in [-0.4, -0.2) is 23.4 Å². The van der Waals surface area contributed by atoms with E-state index in [0.29, 0.717) is 21.8 Å². The van der Waals surface area contributed by atoms with E-state index in [4.69, 9.17) is 21.4 Å². The highest BCUT2D eigenvalue weighted by atomic mass is 35.5. The first-order chi connectivity index (χ1) is 13.6. The largest absolute Gasteiger partial charge is 0.483 e. The van der Waals surface area contributed by atoms with E-state index in [9.17, 15) is 9.59 Å². The van der Waals surface area contributed by atoms with Crippen molar-refractivity contribution in [3.8, 4) is 5.75 Å².